The van der Waals surface area contributed by atoms with E-state index in [2.05, 4.69) is 15.4 Å². The minimum Gasteiger partial charge on any atom is -0.463 e. The molecule has 3 rings (SSSR count). The molecule has 0 atom stereocenters. The summed E-state index contributed by atoms with van der Waals surface area (Å²) in [6.07, 6.45) is 1.35. The zero-order chi connectivity index (χ0) is 18.5. The Morgan fingerprint density at radius 1 is 1.31 bits per heavy atom. The molecule has 9 heteroatoms. The summed E-state index contributed by atoms with van der Waals surface area (Å²) in [5, 5.41) is 13.0. The molecule has 1 saturated heterocycles. The molecular weight excluding hydrogens is 354 g/mol. The minimum atomic E-state index is -0.449. The van der Waals surface area contributed by atoms with Crippen molar-refractivity contribution in [2.75, 3.05) is 18.9 Å². The molecule has 1 aromatic carbocycles. The van der Waals surface area contributed by atoms with Crippen LogP contribution in [0.2, 0.25) is 0 Å². The van der Waals surface area contributed by atoms with Crippen LogP contribution in [0.3, 0.4) is 0 Å². The van der Waals surface area contributed by atoms with E-state index in [4.69, 9.17) is 4.74 Å². The van der Waals surface area contributed by atoms with Crippen LogP contribution in [-0.2, 0) is 20.9 Å². The van der Waals surface area contributed by atoms with Crippen molar-refractivity contribution in [2.45, 2.75) is 20.4 Å². The fraction of sp³-hybridized carbons (Fsp3) is 0.353. The van der Waals surface area contributed by atoms with Crippen molar-refractivity contribution in [3.8, 4) is 11.4 Å². The van der Waals surface area contributed by atoms with Gasteiger partial charge in [-0.2, -0.15) is 4.80 Å². The highest BCUT2D eigenvalue weighted by Crippen LogP contribution is 2.28. The van der Waals surface area contributed by atoms with Crippen molar-refractivity contribution in [1.82, 2.24) is 25.1 Å². The highest BCUT2D eigenvalue weighted by Gasteiger charge is 2.27. The largest absolute Gasteiger partial charge is 0.463 e. The number of thioether (sulfide) groups is 1. The third-order valence-electron chi connectivity index (χ3n) is 3.72. The van der Waals surface area contributed by atoms with E-state index in [1.54, 1.807) is 11.8 Å². The lowest BCUT2D eigenvalue weighted by Gasteiger charge is -2.16. The van der Waals surface area contributed by atoms with E-state index in [1.165, 1.54) is 22.6 Å². The monoisotopic (exact) mass is 373 g/mol. The molecule has 0 radical (unpaired) electrons. The van der Waals surface area contributed by atoms with Gasteiger partial charge in [0, 0.05) is 12.1 Å². The van der Waals surface area contributed by atoms with Gasteiger partial charge in [0.15, 0.2) is 0 Å². The Morgan fingerprint density at radius 3 is 2.81 bits per heavy atom. The number of aryl methyl sites for hydroxylation is 1. The van der Waals surface area contributed by atoms with E-state index in [1.807, 2.05) is 31.2 Å². The van der Waals surface area contributed by atoms with Gasteiger partial charge in [0.05, 0.1) is 30.0 Å². The summed E-state index contributed by atoms with van der Waals surface area (Å²) in [5.74, 6) is 0.346. The number of ether oxygens (including phenoxy) is 1. The van der Waals surface area contributed by atoms with Crippen LogP contribution in [0.25, 0.3) is 11.4 Å². The number of nitrogens with zero attached hydrogens (tertiary/aromatic N) is 5. The lowest BCUT2D eigenvalue weighted by atomic mass is 10.1. The number of carbonyl (C=O) groups excluding carboxylic acids is 2. The van der Waals surface area contributed by atoms with Gasteiger partial charge in [-0.3, -0.25) is 4.79 Å². The molecule has 1 amide bonds. The lowest BCUT2D eigenvalue weighted by molar-refractivity contribution is -0.137. The van der Waals surface area contributed by atoms with Gasteiger partial charge in [0.25, 0.3) is 0 Å². The van der Waals surface area contributed by atoms with Crippen LogP contribution >= 0.6 is 11.8 Å². The van der Waals surface area contributed by atoms with Crippen LogP contribution in [0, 0.1) is 6.92 Å². The Labute approximate surface area is 155 Å². The van der Waals surface area contributed by atoms with Gasteiger partial charge in [-0.05, 0) is 19.1 Å². The molecule has 0 saturated carbocycles. The summed E-state index contributed by atoms with van der Waals surface area (Å²) in [7, 11) is 0. The standard InChI is InChI=1S/C17H19N5O3S/c1-3-25-16(24)10-15-21(14(23)11-26-15)8-9-22-19-17(18-20-22)13-6-4-12(2)5-7-13/h4-7,10H,3,8-9,11H2,1-2H3/b15-10-. The summed E-state index contributed by atoms with van der Waals surface area (Å²) in [6, 6.07) is 7.86. The van der Waals surface area contributed by atoms with Gasteiger partial charge in [-0.25, -0.2) is 4.79 Å². The second-order valence-electron chi connectivity index (χ2n) is 5.64. The third-order valence-corrected chi connectivity index (χ3v) is 4.75. The maximum absolute atomic E-state index is 12.1. The predicted octanol–water partition coefficient (Wildman–Crippen LogP) is 1.63. The molecule has 2 heterocycles. The van der Waals surface area contributed by atoms with Crippen molar-refractivity contribution in [1.29, 1.82) is 0 Å². The topological polar surface area (TPSA) is 90.2 Å². The van der Waals surface area contributed by atoms with Crippen molar-refractivity contribution in [3.05, 3.63) is 40.9 Å². The molecule has 0 bridgehead atoms. The minimum absolute atomic E-state index is 0.0515. The van der Waals surface area contributed by atoms with E-state index in [0.29, 0.717) is 36.3 Å². The quantitative estimate of drug-likeness (QED) is 0.561. The normalized spacial score (nSPS) is 15.7. The molecule has 1 aromatic heterocycles. The van der Waals surface area contributed by atoms with Crippen LogP contribution in [0.5, 0.6) is 0 Å². The van der Waals surface area contributed by atoms with E-state index in [-0.39, 0.29) is 5.91 Å². The van der Waals surface area contributed by atoms with E-state index < -0.39 is 5.97 Å². The van der Waals surface area contributed by atoms with Crippen LogP contribution in [0.4, 0.5) is 0 Å². The van der Waals surface area contributed by atoms with E-state index in [0.717, 1.165) is 11.1 Å². The summed E-state index contributed by atoms with van der Waals surface area (Å²) in [4.78, 5) is 26.7. The second kappa shape index (κ2) is 8.13. The highest BCUT2D eigenvalue weighted by atomic mass is 32.2. The first-order chi connectivity index (χ1) is 12.6. The zero-order valence-corrected chi connectivity index (χ0v) is 15.4. The Bertz CT molecular complexity index is 831. The smallest absolute Gasteiger partial charge is 0.333 e. The fourth-order valence-corrected chi connectivity index (χ4v) is 3.35. The van der Waals surface area contributed by atoms with E-state index in [9.17, 15) is 9.59 Å². The van der Waals surface area contributed by atoms with Crippen molar-refractivity contribution < 1.29 is 14.3 Å². The summed E-state index contributed by atoms with van der Waals surface area (Å²) in [5.41, 5.74) is 2.05. The van der Waals surface area contributed by atoms with E-state index >= 15 is 0 Å². The lowest BCUT2D eigenvalue weighted by Crippen LogP contribution is -2.29. The van der Waals surface area contributed by atoms with Crippen LogP contribution < -0.4 is 0 Å². The molecule has 26 heavy (non-hydrogen) atoms. The number of rotatable bonds is 6. The molecule has 0 aliphatic carbocycles. The number of aromatic nitrogens is 4. The van der Waals surface area contributed by atoms with Crippen molar-refractivity contribution in [3.63, 3.8) is 0 Å². The first kappa shape index (κ1) is 18.1. The SMILES string of the molecule is CCOC(=O)/C=C1\SCC(=O)N1CCn1nnc(-c2ccc(C)cc2)n1. The Balaban J connectivity index is 1.65. The molecule has 1 aliphatic heterocycles. The molecule has 0 N–H and O–H groups in total. The molecule has 8 nitrogen and oxygen atoms in total. The number of tetrazole rings is 1. The maximum Gasteiger partial charge on any atom is 0.333 e. The number of hydrogen-bond donors (Lipinski definition) is 0. The molecule has 0 spiro atoms. The first-order valence-corrected chi connectivity index (χ1v) is 9.22. The van der Waals surface area contributed by atoms with Crippen LogP contribution in [0.1, 0.15) is 12.5 Å². The van der Waals surface area contributed by atoms with Gasteiger partial charge < -0.3 is 9.64 Å². The molecule has 1 fully saturated rings. The Kier molecular flexibility index (Phi) is 5.67. The predicted molar refractivity (Wildman–Crippen MR) is 96.9 cm³/mol. The second-order valence-corrected chi connectivity index (χ2v) is 6.64. The van der Waals surface area contributed by atoms with Gasteiger partial charge in [0.1, 0.15) is 0 Å². The molecule has 1 aliphatic rings. The highest BCUT2D eigenvalue weighted by molar-refractivity contribution is 8.04. The summed E-state index contributed by atoms with van der Waals surface area (Å²) in [6.45, 7) is 4.79. The third kappa shape index (κ3) is 4.29. The number of amides is 1. The molecule has 136 valence electrons. The van der Waals surface area contributed by atoms with Crippen molar-refractivity contribution in [2.24, 2.45) is 0 Å². The number of esters is 1. The Morgan fingerprint density at radius 2 is 2.08 bits per heavy atom. The Hall–Kier alpha value is -2.68. The average molecular weight is 373 g/mol. The number of hydrogen-bond acceptors (Lipinski definition) is 7. The molecule has 2 aromatic rings. The molecular formula is C17H19N5O3S. The van der Waals surface area contributed by atoms with Crippen LogP contribution in [-0.4, -0.2) is 55.9 Å². The van der Waals surface area contributed by atoms with Gasteiger partial charge in [-0.15, -0.1) is 10.2 Å². The summed E-state index contributed by atoms with van der Waals surface area (Å²) >= 11 is 1.32. The zero-order valence-electron chi connectivity index (χ0n) is 14.6. The van der Waals surface area contributed by atoms with Crippen molar-refractivity contribution >= 4 is 23.6 Å². The average Bonchev–Trinajstić information content (AvgIpc) is 3.21. The molecule has 0 unspecified atom stereocenters. The number of carbonyl (C=O) groups is 2. The first-order valence-electron chi connectivity index (χ1n) is 8.23. The van der Waals surface area contributed by atoms with Gasteiger partial charge >= 0.3 is 5.97 Å². The van der Waals surface area contributed by atoms with Gasteiger partial charge in [-0.1, -0.05) is 41.6 Å². The maximum atomic E-state index is 12.1. The summed E-state index contributed by atoms with van der Waals surface area (Å²) < 4.78 is 4.90. The number of benzene rings is 1. The van der Waals surface area contributed by atoms with Crippen LogP contribution in [0.15, 0.2) is 35.4 Å². The fourth-order valence-electron chi connectivity index (χ4n) is 2.40. The van der Waals surface area contributed by atoms with Gasteiger partial charge in [0.2, 0.25) is 11.7 Å².